The first-order valence-corrected chi connectivity index (χ1v) is 5.26. The SMILES string of the molecule is C=COC(C)Cl.C=COC(Cl)CCC. The molecule has 0 spiro atoms. The molecule has 0 aromatic rings. The molecule has 0 aliphatic rings. The average molecular weight is 241 g/mol. The van der Waals surface area contributed by atoms with Gasteiger partial charge in [-0.1, -0.05) is 49.7 Å². The van der Waals surface area contributed by atoms with Gasteiger partial charge in [0.1, 0.15) is 0 Å². The van der Waals surface area contributed by atoms with Crippen molar-refractivity contribution < 1.29 is 9.47 Å². The zero-order valence-corrected chi connectivity index (χ0v) is 10.2. The van der Waals surface area contributed by atoms with E-state index in [9.17, 15) is 0 Å². The van der Waals surface area contributed by atoms with Gasteiger partial charge in [-0.2, -0.15) is 0 Å². The molecule has 2 nitrogen and oxygen atoms in total. The van der Waals surface area contributed by atoms with Crippen molar-refractivity contribution in [3.8, 4) is 0 Å². The molecule has 0 rings (SSSR count). The van der Waals surface area contributed by atoms with Crippen molar-refractivity contribution in [3.63, 3.8) is 0 Å². The van der Waals surface area contributed by atoms with Crippen molar-refractivity contribution in [2.75, 3.05) is 0 Å². The van der Waals surface area contributed by atoms with Crippen LogP contribution in [0.3, 0.4) is 0 Å². The Morgan fingerprint density at radius 3 is 1.93 bits per heavy atom. The highest BCUT2D eigenvalue weighted by Crippen LogP contribution is 2.05. The van der Waals surface area contributed by atoms with E-state index in [0.717, 1.165) is 12.8 Å². The molecule has 0 aromatic heterocycles. The first-order valence-electron chi connectivity index (χ1n) is 4.39. The molecule has 0 aromatic carbocycles. The first-order chi connectivity index (χ1) is 6.58. The second kappa shape index (κ2) is 12.7. The van der Waals surface area contributed by atoms with E-state index in [0.29, 0.717) is 0 Å². The molecule has 0 amide bonds. The molecular formula is C10H18Cl2O2. The van der Waals surface area contributed by atoms with Gasteiger partial charge in [-0.15, -0.1) is 0 Å². The summed E-state index contributed by atoms with van der Waals surface area (Å²) in [4.78, 5) is 0. The smallest absolute Gasteiger partial charge is 0.171 e. The molecule has 0 fully saturated rings. The van der Waals surface area contributed by atoms with Crippen LogP contribution in [0.5, 0.6) is 0 Å². The predicted octanol–water partition coefficient (Wildman–Crippen LogP) is 4.24. The molecule has 4 heteroatoms. The van der Waals surface area contributed by atoms with Gasteiger partial charge in [0.25, 0.3) is 0 Å². The number of hydrogen-bond acceptors (Lipinski definition) is 2. The van der Waals surface area contributed by atoms with Crippen LogP contribution in [0.25, 0.3) is 0 Å². The summed E-state index contributed by atoms with van der Waals surface area (Å²) in [5, 5.41) is 0. The van der Waals surface area contributed by atoms with Crippen molar-refractivity contribution in [2.24, 2.45) is 0 Å². The normalized spacial score (nSPS) is 12.9. The number of alkyl halides is 2. The van der Waals surface area contributed by atoms with Gasteiger partial charge in [0.15, 0.2) is 11.1 Å². The highest BCUT2D eigenvalue weighted by molar-refractivity contribution is 6.19. The van der Waals surface area contributed by atoms with E-state index in [-0.39, 0.29) is 11.1 Å². The Morgan fingerprint density at radius 1 is 1.21 bits per heavy atom. The molecule has 0 saturated heterocycles. The number of halogens is 2. The van der Waals surface area contributed by atoms with Gasteiger partial charge in [-0.25, -0.2) is 0 Å². The number of ether oxygens (including phenoxy) is 2. The van der Waals surface area contributed by atoms with Crippen LogP contribution >= 0.6 is 23.2 Å². The summed E-state index contributed by atoms with van der Waals surface area (Å²) in [7, 11) is 0. The lowest BCUT2D eigenvalue weighted by Gasteiger charge is -2.04. The van der Waals surface area contributed by atoms with E-state index in [1.54, 1.807) is 6.92 Å². The van der Waals surface area contributed by atoms with Crippen LogP contribution in [0.15, 0.2) is 25.7 Å². The zero-order chi connectivity index (χ0) is 11.4. The summed E-state index contributed by atoms with van der Waals surface area (Å²) < 4.78 is 9.38. The molecule has 0 radical (unpaired) electrons. The van der Waals surface area contributed by atoms with Crippen LogP contribution < -0.4 is 0 Å². The number of rotatable bonds is 6. The summed E-state index contributed by atoms with van der Waals surface area (Å²) in [6.07, 6.45) is 4.61. The molecule has 2 atom stereocenters. The molecular weight excluding hydrogens is 223 g/mol. The quantitative estimate of drug-likeness (QED) is 0.511. The Kier molecular flexibility index (Phi) is 14.6. The lowest BCUT2D eigenvalue weighted by Crippen LogP contribution is -1.97. The summed E-state index contributed by atoms with van der Waals surface area (Å²) in [5.74, 6) is 0. The Bertz CT molecular complexity index is 138. The van der Waals surface area contributed by atoms with E-state index in [1.807, 2.05) is 0 Å². The predicted molar refractivity (Wildman–Crippen MR) is 62.4 cm³/mol. The molecule has 0 saturated carbocycles. The summed E-state index contributed by atoms with van der Waals surface area (Å²) in [6.45, 7) is 10.5. The lowest BCUT2D eigenvalue weighted by atomic mass is 10.4. The third kappa shape index (κ3) is 17.7. The maximum Gasteiger partial charge on any atom is 0.171 e. The van der Waals surface area contributed by atoms with Crippen LogP contribution in [0.1, 0.15) is 26.7 Å². The van der Waals surface area contributed by atoms with Crippen molar-refractivity contribution in [3.05, 3.63) is 25.7 Å². The highest BCUT2D eigenvalue weighted by Gasteiger charge is 1.97. The molecule has 0 N–H and O–H groups in total. The fraction of sp³-hybridized carbons (Fsp3) is 0.600. The Labute approximate surface area is 96.5 Å². The molecule has 0 aliphatic heterocycles. The van der Waals surface area contributed by atoms with E-state index in [1.165, 1.54) is 12.5 Å². The monoisotopic (exact) mass is 240 g/mol. The van der Waals surface area contributed by atoms with Crippen LogP contribution in [-0.2, 0) is 9.47 Å². The Morgan fingerprint density at radius 2 is 1.71 bits per heavy atom. The maximum atomic E-state index is 5.59. The Balaban J connectivity index is 0. The fourth-order valence-corrected chi connectivity index (χ4v) is 0.896. The fourth-order valence-electron chi connectivity index (χ4n) is 0.532. The molecule has 0 bridgehead atoms. The van der Waals surface area contributed by atoms with E-state index in [2.05, 4.69) is 24.8 Å². The Hall–Kier alpha value is -0.340. The molecule has 14 heavy (non-hydrogen) atoms. The van der Waals surface area contributed by atoms with Gasteiger partial charge in [0, 0.05) is 0 Å². The number of hydrogen-bond donors (Lipinski definition) is 0. The van der Waals surface area contributed by atoms with Crippen molar-refractivity contribution in [1.29, 1.82) is 0 Å². The molecule has 2 unspecified atom stereocenters. The summed E-state index contributed by atoms with van der Waals surface area (Å²) >= 11 is 10.9. The second-order valence-electron chi connectivity index (χ2n) is 2.35. The minimum atomic E-state index is -0.248. The van der Waals surface area contributed by atoms with Crippen LogP contribution in [-0.4, -0.2) is 11.1 Å². The van der Waals surface area contributed by atoms with Crippen molar-refractivity contribution in [1.82, 2.24) is 0 Å². The topological polar surface area (TPSA) is 18.5 Å². The van der Waals surface area contributed by atoms with Crippen molar-refractivity contribution in [2.45, 2.75) is 37.8 Å². The van der Waals surface area contributed by atoms with Crippen LogP contribution in [0.4, 0.5) is 0 Å². The minimum absolute atomic E-state index is 0.183. The summed E-state index contributed by atoms with van der Waals surface area (Å²) in [5.41, 5.74) is -0.431. The van der Waals surface area contributed by atoms with Crippen LogP contribution in [0, 0.1) is 0 Å². The largest absolute Gasteiger partial charge is 0.483 e. The standard InChI is InChI=1S/C6H11ClO.C4H7ClO/c1-3-5-6(7)8-4-2;1-3-6-4(2)5/h4,6H,2-3,5H2,1H3;3-4H,1H2,2H3. The minimum Gasteiger partial charge on any atom is -0.483 e. The van der Waals surface area contributed by atoms with Gasteiger partial charge in [-0.3, -0.25) is 0 Å². The van der Waals surface area contributed by atoms with E-state index in [4.69, 9.17) is 27.9 Å². The van der Waals surface area contributed by atoms with Gasteiger partial charge in [0.05, 0.1) is 12.5 Å². The second-order valence-corrected chi connectivity index (χ2v) is 3.45. The molecule has 0 heterocycles. The zero-order valence-electron chi connectivity index (χ0n) is 8.71. The first kappa shape index (κ1) is 16.1. The van der Waals surface area contributed by atoms with Gasteiger partial charge in [-0.05, 0) is 13.3 Å². The van der Waals surface area contributed by atoms with E-state index >= 15 is 0 Å². The van der Waals surface area contributed by atoms with Crippen molar-refractivity contribution >= 4 is 23.2 Å². The van der Waals surface area contributed by atoms with E-state index < -0.39 is 0 Å². The van der Waals surface area contributed by atoms with Gasteiger partial charge < -0.3 is 9.47 Å². The van der Waals surface area contributed by atoms with Crippen LogP contribution in [0.2, 0.25) is 0 Å². The highest BCUT2D eigenvalue weighted by atomic mass is 35.5. The van der Waals surface area contributed by atoms with Gasteiger partial charge in [0.2, 0.25) is 0 Å². The molecule has 0 aliphatic carbocycles. The maximum absolute atomic E-state index is 5.59. The third-order valence-corrected chi connectivity index (χ3v) is 1.47. The average Bonchev–Trinajstić information content (AvgIpc) is 2.05. The molecule has 84 valence electrons. The summed E-state index contributed by atoms with van der Waals surface area (Å²) in [6, 6.07) is 0. The van der Waals surface area contributed by atoms with Gasteiger partial charge >= 0.3 is 0 Å². The third-order valence-electron chi connectivity index (χ3n) is 1.04. The lowest BCUT2D eigenvalue weighted by molar-refractivity contribution is 0.207.